The molecule has 2 nitrogen and oxygen atoms in total. The van der Waals surface area contributed by atoms with Gasteiger partial charge in [-0.05, 0) is 46.4 Å². The Bertz CT molecular complexity index is 523. The van der Waals surface area contributed by atoms with E-state index in [-0.39, 0.29) is 5.78 Å². The molecule has 0 atom stereocenters. The van der Waals surface area contributed by atoms with Crippen molar-refractivity contribution in [1.82, 2.24) is 0 Å². The highest BCUT2D eigenvalue weighted by molar-refractivity contribution is 14.1. The third-order valence-electron chi connectivity index (χ3n) is 2.28. The lowest BCUT2D eigenvalue weighted by Crippen LogP contribution is -1.91. The van der Waals surface area contributed by atoms with Crippen LogP contribution in [0.4, 0.5) is 0 Å². The van der Waals surface area contributed by atoms with Crippen molar-refractivity contribution in [3.8, 4) is 5.75 Å². The molecule has 1 fully saturated rings. The van der Waals surface area contributed by atoms with Gasteiger partial charge in [0, 0.05) is 0 Å². The van der Waals surface area contributed by atoms with Crippen LogP contribution in [-0.4, -0.2) is 17.1 Å². The van der Waals surface area contributed by atoms with Crippen molar-refractivity contribution in [2.75, 3.05) is 7.11 Å². The summed E-state index contributed by atoms with van der Waals surface area (Å²) in [6.07, 6.45) is 2.27. The van der Waals surface area contributed by atoms with E-state index in [2.05, 4.69) is 22.6 Å². The number of rotatable bonds is 2. The van der Waals surface area contributed by atoms with E-state index < -0.39 is 0 Å². The third-order valence-corrected chi connectivity index (χ3v) is 4.45. The molecule has 0 bridgehead atoms. The number of thioether (sulfide) groups is 1. The Morgan fingerprint density at radius 2 is 2.29 bits per heavy atom. The number of methoxy groups -OCH3 is 1. The van der Waals surface area contributed by atoms with Crippen molar-refractivity contribution < 1.29 is 9.53 Å². The van der Waals surface area contributed by atoms with Crippen LogP contribution in [0.3, 0.4) is 0 Å². The van der Waals surface area contributed by atoms with Crippen molar-refractivity contribution in [2.45, 2.75) is 6.42 Å². The molecule has 0 unspecified atom stereocenters. The minimum Gasteiger partial charge on any atom is -0.496 e. The quantitative estimate of drug-likeness (QED) is 0.447. The summed E-state index contributed by atoms with van der Waals surface area (Å²) in [7, 11) is 1.64. The lowest BCUT2D eigenvalue weighted by atomic mass is 10.2. The summed E-state index contributed by atoms with van der Waals surface area (Å²) < 4.78 is 6.97. The van der Waals surface area contributed by atoms with Gasteiger partial charge in [-0.3, -0.25) is 4.79 Å². The van der Waals surface area contributed by atoms with Gasteiger partial charge in [-0.15, -0.1) is 0 Å². The maximum Gasteiger partial charge on any atom is 0.175 e. The van der Waals surface area contributed by atoms with Crippen LogP contribution in [0, 0.1) is 3.57 Å². The number of carbonyl (C=O) groups excluding carboxylic acids is 1. The number of allylic oxidation sites excluding steroid dienone is 1. The molecule has 5 heteroatoms. The Balaban J connectivity index is 2.30. The summed E-state index contributed by atoms with van der Waals surface area (Å²) in [5.41, 5.74) is 0.996. The summed E-state index contributed by atoms with van der Waals surface area (Å²) >= 11 is 8.64. The van der Waals surface area contributed by atoms with Crippen LogP contribution >= 0.6 is 46.6 Å². The topological polar surface area (TPSA) is 26.3 Å². The largest absolute Gasteiger partial charge is 0.496 e. The highest BCUT2D eigenvalue weighted by atomic mass is 127. The first-order chi connectivity index (χ1) is 8.10. The van der Waals surface area contributed by atoms with Gasteiger partial charge in [0.1, 0.15) is 5.75 Å². The predicted octanol–water partition coefficient (Wildman–Crippen LogP) is 3.67. The Kier molecular flexibility index (Phi) is 4.22. The van der Waals surface area contributed by atoms with E-state index in [0.717, 1.165) is 24.0 Å². The number of ketones is 1. The van der Waals surface area contributed by atoms with Crippen LogP contribution in [0.15, 0.2) is 23.1 Å². The van der Waals surface area contributed by atoms with Crippen molar-refractivity contribution >= 4 is 62.6 Å². The summed E-state index contributed by atoms with van der Waals surface area (Å²) in [5, 5.41) is 0. The molecule has 0 radical (unpaired) electrons. The van der Waals surface area contributed by atoms with Crippen molar-refractivity contribution in [2.24, 2.45) is 0 Å². The number of ether oxygens (including phenoxy) is 1. The molecule has 1 aromatic carbocycles. The van der Waals surface area contributed by atoms with Gasteiger partial charge in [-0.1, -0.05) is 30.0 Å². The van der Waals surface area contributed by atoms with Crippen LogP contribution in [-0.2, 0) is 4.79 Å². The minimum atomic E-state index is 0.117. The number of hydrogen-bond acceptors (Lipinski definition) is 4. The SMILES string of the molecule is COc1ccc(/C=C2/SC(=S)CC2=O)cc1I. The summed E-state index contributed by atoms with van der Waals surface area (Å²) in [5.74, 6) is 0.958. The van der Waals surface area contributed by atoms with E-state index in [1.165, 1.54) is 11.8 Å². The van der Waals surface area contributed by atoms with E-state index in [0.29, 0.717) is 6.42 Å². The van der Waals surface area contributed by atoms with Gasteiger partial charge in [0.25, 0.3) is 0 Å². The van der Waals surface area contributed by atoms with E-state index in [9.17, 15) is 4.79 Å². The van der Waals surface area contributed by atoms with Gasteiger partial charge in [-0.2, -0.15) is 0 Å². The molecule has 0 saturated carbocycles. The normalized spacial score (nSPS) is 17.9. The first kappa shape index (κ1) is 13.0. The second-order valence-electron chi connectivity index (χ2n) is 3.48. The Morgan fingerprint density at radius 1 is 1.53 bits per heavy atom. The fraction of sp³-hybridized carbons (Fsp3) is 0.167. The molecule has 0 spiro atoms. The number of Topliss-reactive ketones (excluding diaryl/α,β-unsaturated/α-hetero) is 1. The fourth-order valence-corrected chi connectivity index (χ4v) is 3.46. The minimum absolute atomic E-state index is 0.117. The molecule has 2 rings (SSSR count). The van der Waals surface area contributed by atoms with E-state index in [1.807, 2.05) is 24.3 Å². The molecule has 0 aromatic heterocycles. The molecule has 1 aliphatic heterocycles. The van der Waals surface area contributed by atoms with Gasteiger partial charge in [0.15, 0.2) is 5.78 Å². The molecule has 0 N–H and O–H groups in total. The maximum atomic E-state index is 11.6. The van der Waals surface area contributed by atoms with Gasteiger partial charge in [0.2, 0.25) is 0 Å². The molecule has 1 aliphatic rings. The number of benzene rings is 1. The van der Waals surface area contributed by atoms with Crippen molar-refractivity contribution in [1.29, 1.82) is 0 Å². The van der Waals surface area contributed by atoms with Gasteiger partial charge in [0.05, 0.1) is 26.2 Å². The molecule has 88 valence electrons. The monoisotopic (exact) mass is 376 g/mol. The molecule has 17 heavy (non-hydrogen) atoms. The van der Waals surface area contributed by atoms with Gasteiger partial charge < -0.3 is 4.74 Å². The second kappa shape index (κ2) is 5.49. The first-order valence-corrected chi connectivity index (χ1v) is 7.19. The zero-order valence-electron chi connectivity index (χ0n) is 9.03. The second-order valence-corrected chi connectivity index (χ2v) is 6.53. The zero-order valence-corrected chi connectivity index (χ0v) is 12.8. The number of thiocarbonyl (C=S) groups is 1. The molecule has 1 aromatic rings. The average Bonchev–Trinajstić information content (AvgIpc) is 2.58. The van der Waals surface area contributed by atoms with Crippen LogP contribution in [0.5, 0.6) is 5.75 Å². The molecule has 1 heterocycles. The van der Waals surface area contributed by atoms with Gasteiger partial charge in [-0.25, -0.2) is 0 Å². The molecular weight excluding hydrogens is 367 g/mol. The van der Waals surface area contributed by atoms with Crippen LogP contribution in [0.2, 0.25) is 0 Å². The number of carbonyl (C=O) groups is 1. The predicted molar refractivity (Wildman–Crippen MR) is 83.5 cm³/mol. The number of halogens is 1. The average molecular weight is 376 g/mol. The standard InChI is InChI=1S/C12H9IO2S2/c1-15-10-3-2-7(4-8(10)13)5-11-9(14)6-12(16)17-11/h2-5H,6H2,1H3/b11-5+. The van der Waals surface area contributed by atoms with Crippen LogP contribution in [0.1, 0.15) is 12.0 Å². The summed E-state index contributed by atoms with van der Waals surface area (Å²) in [6.45, 7) is 0. The lowest BCUT2D eigenvalue weighted by molar-refractivity contribution is -0.113. The number of hydrogen-bond donors (Lipinski definition) is 0. The maximum absolute atomic E-state index is 11.6. The Hall–Kier alpha value is -0.400. The van der Waals surface area contributed by atoms with E-state index >= 15 is 0 Å². The fourth-order valence-electron chi connectivity index (χ4n) is 1.47. The van der Waals surface area contributed by atoms with E-state index in [1.54, 1.807) is 7.11 Å². The van der Waals surface area contributed by atoms with Crippen molar-refractivity contribution in [3.63, 3.8) is 0 Å². The molecule has 1 saturated heterocycles. The molecular formula is C12H9IO2S2. The summed E-state index contributed by atoms with van der Waals surface area (Å²) in [4.78, 5) is 12.3. The summed E-state index contributed by atoms with van der Waals surface area (Å²) in [6, 6.07) is 5.82. The Morgan fingerprint density at radius 3 is 2.82 bits per heavy atom. The molecule has 0 amide bonds. The Labute approximate surface area is 123 Å². The van der Waals surface area contributed by atoms with Crippen LogP contribution < -0.4 is 4.74 Å². The zero-order chi connectivity index (χ0) is 12.4. The first-order valence-electron chi connectivity index (χ1n) is 4.89. The van der Waals surface area contributed by atoms with Crippen LogP contribution in [0.25, 0.3) is 6.08 Å². The highest BCUT2D eigenvalue weighted by Gasteiger charge is 2.22. The smallest absolute Gasteiger partial charge is 0.175 e. The third kappa shape index (κ3) is 3.08. The molecule has 0 aliphatic carbocycles. The van der Waals surface area contributed by atoms with Gasteiger partial charge >= 0.3 is 0 Å². The van der Waals surface area contributed by atoms with Crippen molar-refractivity contribution in [3.05, 3.63) is 32.2 Å². The highest BCUT2D eigenvalue weighted by Crippen LogP contribution is 2.32. The van der Waals surface area contributed by atoms with E-state index in [4.69, 9.17) is 17.0 Å². The lowest BCUT2D eigenvalue weighted by Gasteiger charge is -2.03.